The van der Waals surface area contributed by atoms with E-state index < -0.39 is 21.7 Å². The highest BCUT2D eigenvalue weighted by Gasteiger charge is 2.48. The van der Waals surface area contributed by atoms with Crippen molar-refractivity contribution in [2.45, 2.75) is 23.1 Å². The number of nitrogens with zero attached hydrogens (tertiary/aromatic N) is 1. The fourth-order valence-electron chi connectivity index (χ4n) is 3.01. The van der Waals surface area contributed by atoms with Crippen LogP contribution in [0.1, 0.15) is 5.56 Å². The Bertz CT molecular complexity index is 863. The third-order valence-electron chi connectivity index (χ3n) is 4.48. The molecule has 0 saturated carbocycles. The molecule has 0 radical (unpaired) electrons. The van der Waals surface area contributed by atoms with Gasteiger partial charge in [0.1, 0.15) is 5.60 Å². The van der Waals surface area contributed by atoms with Gasteiger partial charge in [-0.3, -0.25) is 0 Å². The number of aliphatic hydroxyl groups excluding tert-OH is 1. The first kappa shape index (κ1) is 19.3. The van der Waals surface area contributed by atoms with Crippen molar-refractivity contribution in [3.05, 3.63) is 65.2 Å². The van der Waals surface area contributed by atoms with Crippen molar-refractivity contribution in [1.29, 1.82) is 0 Å². The number of benzene rings is 2. The predicted molar refractivity (Wildman–Crippen MR) is 99.3 cm³/mol. The summed E-state index contributed by atoms with van der Waals surface area (Å²) in [5, 5.41) is 24.7. The van der Waals surface area contributed by atoms with E-state index in [0.717, 1.165) is 9.87 Å². The highest BCUT2D eigenvalue weighted by Crippen LogP contribution is 2.27. The van der Waals surface area contributed by atoms with Gasteiger partial charge in [-0.2, -0.15) is 4.31 Å². The molecule has 0 unspecified atom stereocenters. The van der Waals surface area contributed by atoms with Crippen LogP contribution in [0, 0.1) is 0 Å². The van der Waals surface area contributed by atoms with Crippen molar-refractivity contribution >= 4 is 21.6 Å². The maximum Gasteiger partial charge on any atom is 0.243 e. The van der Waals surface area contributed by atoms with Crippen LogP contribution in [0.15, 0.2) is 59.5 Å². The smallest absolute Gasteiger partial charge is 0.243 e. The lowest BCUT2D eigenvalue weighted by molar-refractivity contribution is -0.0384. The number of β-amino-alcohol motifs (C(OH)–C–C–N with tert-alkyl or cyclic N) is 2. The van der Waals surface area contributed by atoms with Crippen LogP contribution >= 0.6 is 11.6 Å². The Morgan fingerprint density at radius 1 is 1.19 bits per heavy atom. The van der Waals surface area contributed by atoms with Crippen LogP contribution < -0.4 is 5.32 Å². The zero-order valence-electron chi connectivity index (χ0n) is 14.0. The molecule has 3 rings (SSSR count). The second-order valence-corrected chi connectivity index (χ2v) is 8.84. The minimum atomic E-state index is -3.76. The zero-order chi connectivity index (χ0) is 18.8. The number of sulfonamides is 1. The second kappa shape index (κ2) is 7.64. The summed E-state index contributed by atoms with van der Waals surface area (Å²) in [5.41, 5.74) is -0.622. The average Bonchev–Trinajstić information content (AvgIpc) is 2.92. The maximum absolute atomic E-state index is 12.7. The van der Waals surface area contributed by atoms with Gasteiger partial charge in [0, 0.05) is 31.2 Å². The van der Waals surface area contributed by atoms with Crippen molar-refractivity contribution in [3.8, 4) is 0 Å². The SMILES string of the molecule is O=S(=O)(c1ccccc1)N1C[C@@H](O)[C@](O)(CNCc2cccc(Cl)c2)C1. The maximum atomic E-state index is 12.7. The van der Waals surface area contributed by atoms with Crippen molar-refractivity contribution in [2.24, 2.45) is 0 Å². The third kappa shape index (κ3) is 4.09. The van der Waals surface area contributed by atoms with Gasteiger partial charge < -0.3 is 15.5 Å². The van der Waals surface area contributed by atoms with E-state index in [1.807, 2.05) is 12.1 Å². The van der Waals surface area contributed by atoms with Crippen LogP contribution in [0.25, 0.3) is 0 Å². The standard InChI is InChI=1S/C18H21ClN2O4S/c19-15-6-4-5-14(9-15)10-20-12-18(23)13-21(11-17(18)22)26(24,25)16-7-2-1-3-8-16/h1-9,17,20,22-23H,10-13H2/t17-,18+/m1/s1. The summed E-state index contributed by atoms with van der Waals surface area (Å²) in [6.45, 7) is 0.184. The Labute approximate surface area is 158 Å². The van der Waals surface area contributed by atoms with Crippen LogP contribution in [-0.2, 0) is 16.6 Å². The molecule has 26 heavy (non-hydrogen) atoms. The van der Waals surface area contributed by atoms with Gasteiger partial charge in [0.05, 0.1) is 11.0 Å². The van der Waals surface area contributed by atoms with Gasteiger partial charge in [-0.15, -0.1) is 0 Å². The van der Waals surface area contributed by atoms with E-state index >= 15 is 0 Å². The first-order valence-electron chi connectivity index (χ1n) is 8.22. The molecule has 2 aromatic carbocycles. The molecule has 0 amide bonds. The first-order chi connectivity index (χ1) is 12.3. The third-order valence-corrected chi connectivity index (χ3v) is 6.54. The van der Waals surface area contributed by atoms with Crippen molar-refractivity contribution in [2.75, 3.05) is 19.6 Å². The molecule has 0 bridgehead atoms. The van der Waals surface area contributed by atoms with Crippen LogP contribution in [-0.4, -0.2) is 54.3 Å². The van der Waals surface area contributed by atoms with Gasteiger partial charge in [0.2, 0.25) is 10.0 Å². The molecule has 0 aromatic heterocycles. The number of hydrogen-bond donors (Lipinski definition) is 3. The van der Waals surface area contributed by atoms with E-state index in [4.69, 9.17) is 11.6 Å². The lowest BCUT2D eigenvalue weighted by atomic mass is 10.0. The lowest BCUT2D eigenvalue weighted by Gasteiger charge is -2.26. The van der Waals surface area contributed by atoms with Gasteiger partial charge in [-0.25, -0.2) is 8.42 Å². The van der Waals surface area contributed by atoms with E-state index in [9.17, 15) is 18.6 Å². The molecule has 2 atom stereocenters. The van der Waals surface area contributed by atoms with Crippen LogP contribution in [0.3, 0.4) is 0 Å². The molecule has 1 aliphatic heterocycles. The van der Waals surface area contributed by atoms with E-state index in [1.165, 1.54) is 12.1 Å². The van der Waals surface area contributed by atoms with Crippen molar-refractivity contribution < 1.29 is 18.6 Å². The number of aliphatic hydroxyl groups is 2. The molecule has 2 aromatic rings. The van der Waals surface area contributed by atoms with Crippen molar-refractivity contribution in [1.82, 2.24) is 9.62 Å². The van der Waals surface area contributed by atoms with Gasteiger partial charge >= 0.3 is 0 Å². The van der Waals surface area contributed by atoms with E-state index in [-0.39, 0.29) is 24.5 Å². The molecule has 3 N–H and O–H groups in total. The van der Waals surface area contributed by atoms with Crippen LogP contribution in [0.5, 0.6) is 0 Å². The molecule has 1 fully saturated rings. The Hall–Kier alpha value is -1.48. The lowest BCUT2D eigenvalue weighted by Crippen LogP contribution is -2.50. The van der Waals surface area contributed by atoms with Crippen LogP contribution in [0.4, 0.5) is 0 Å². The Balaban J connectivity index is 1.65. The average molecular weight is 397 g/mol. The largest absolute Gasteiger partial charge is 0.389 e. The summed E-state index contributed by atoms with van der Waals surface area (Å²) in [4.78, 5) is 0.142. The number of rotatable bonds is 6. The molecule has 1 aliphatic rings. The molecule has 0 aliphatic carbocycles. The molecule has 140 valence electrons. The van der Waals surface area contributed by atoms with E-state index in [1.54, 1.807) is 30.3 Å². The summed E-state index contributed by atoms with van der Waals surface area (Å²) in [5.74, 6) is 0. The molecule has 1 saturated heterocycles. The zero-order valence-corrected chi connectivity index (χ0v) is 15.6. The van der Waals surface area contributed by atoms with Crippen LogP contribution in [0.2, 0.25) is 5.02 Å². The van der Waals surface area contributed by atoms with Gasteiger partial charge in [-0.1, -0.05) is 41.9 Å². The highest BCUT2D eigenvalue weighted by atomic mass is 35.5. The van der Waals surface area contributed by atoms with Gasteiger partial charge in [-0.05, 0) is 29.8 Å². The molecular weight excluding hydrogens is 376 g/mol. The van der Waals surface area contributed by atoms with Gasteiger partial charge in [0.25, 0.3) is 0 Å². The molecule has 0 spiro atoms. The normalized spacial score (nSPS) is 24.0. The Morgan fingerprint density at radius 2 is 1.92 bits per heavy atom. The number of nitrogens with one attached hydrogen (secondary N) is 1. The predicted octanol–water partition coefficient (Wildman–Crippen LogP) is 1.23. The van der Waals surface area contributed by atoms with E-state index in [0.29, 0.717) is 11.6 Å². The minimum Gasteiger partial charge on any atom is -0.389 e. The first-order valence-corrected chi connectivity index (χ1v) is 10.0. The molecule has 6 nitrogen and oxygen atoms in total. The summed E-state index contributed by atoms with van der Waals surface area (Å²) in [6, 6.07) is 15.3. The number of hydrogen-bond acceptors (Lipinski definition) is 5. The molecule has 8 heteroatoms. The Morgan fingerprint density at radius 3 is 2.62 bits per heavy atom. The minimum absolute atomic E-state index is 0.0570. The molecular formula is C18H21ClN2O4S. The molecule has 1 heterocycles. The fourth-order valence-corrected chi connectivity index (χ4v) is 4.75. The van der Waals surface area contributed by atoms with Gasteiger partial charge in [0.15, 0.2) is 0 Å². The Kier molecular flexibility index (Phi) is 5.67. The fraction of sp³-hybridized carbons (Fsp3) is 0.333. The monoisotopic (exact) mass is 396 g/mol. The summed E-state index contributed by atoms with van der Waals surface area (Å²) >= 11 is 5.94. The summed E-state index contributed by atoms with van der Waals surface area (Å²) in [6.07, 6.45) is -1.17. The quantitative estimate of drug-likeness (QED) is 0.683. The summed E-state index contributed by atoms with van der Waals surface area (Å²) < 4.78 is 26.5. The van der Waals surface area contributed by atoms with E-state index in [2.05, 4.69) is 5.32 Å². The number of halogens is 1. The topological polar surface area (TPSA) is 89.9 Å². The second-order valence-electron chi connectivity index (χ2n) is 6.46. The highest BCUT2D eigenvalue weighted by molar-refractivity contribution is 7.89. The van der Waals surface area contributed by atoms with Crippen molar-refractivity contribution in [3.63, 3.8) is 0 Å². The summed E-state index contributed by atoms with van der Waals surface area (Å²) in [7, 11) is -3.76.